The number of aromatic nitrogens is 5. The Kier molecular flexibility index (Phi) is 6.10. The van der Waals surface area contributed by atoms with E-state index in [1.165, 1.54) is 0 Å². The normalized spacial score (nSPS) is 18.3. The van der Waals surface area contributed by atoms with E-state index in [1.54, 1.807) is 6.33 Å². The molecule has 0 spiro atoms. The van der Waals surface area contributed by atoms with Crippen LogP contribution in [0.1, 0.15) is 53.5 Å². The molecule has 0 amide bonds. The number of imidazole rings is 1. The third-order valence-corrected chi connectivity index (χ3v) is 8.57. The van der Waals surface area contributed by atoms with E-state index in [2.05, 4.69) is 54.2 Å². The van der Waals surface area contributed by atoms with Gasteiger partial charge in [0.1, 0.15) is 30.2 Å². The maximum absolute atomic E-state index is 13.6. The molecule has 4 heterocycles. The maximum atomic E-state index is 13.6. The van der Waals surface area contributed by atoms with Gasteiger partial charge in [0.15, 0.2) is 5.82 Å². The van der Waals surface area contributed by atoms with Crippen molar-refractivity contribution in [2.45, 2.75) is 75.7 Å². The average Bonchev–Trinajstić information content (AvgIpc) is 3.42. The highest BCUT2D eigenvalue weighted by Gasteiger charge is 2.31. The van der Waals surface area contributed by atoms with Crippen molar-refractivity contribution in [2.75, 3.05) is 19.7 Å². The van der Waals surface area contributed by atoms with Gasteiger partial charge in [-0.15, -0.1) is 0 Å². The van der Waals surface area contributed by atoms with Crippen LogP contribution in [0.3, 0.4) is 0 Å². The zero-order valence-corrected chi connectivity index (χ0v) is 21.5. The topological polar surface area (TPSA) is 78.1 Å². The van der Waals surface area contributed by atoms with Crippen LogP contribution >= 0.6 is 0 Å². The number of hydrogen-bond donors (Lipinski definition) is 0. The number of ether oxygens (including phenoxy) is 1. The van der Waals surface area contributed by atoms with Crippen LogP contribution in [0.25, 0.3) is 22.9 Å². The molecule has 34 heavy (non-hydrogen) atoms. The molecule has 3 aromatic rings. The summed E-state index contributed by atoms with van der Waals surface area (Å²) in [6, 6.07) is 6.12. The van der Waals surface area contributed by atoms with E-state index in [0.717, 1.165) is 59.5 Å². The Labute approximate surface area is 203 Å². The van der Waals surface area contributed by atoms with Crippen molar-refractivity contribution >= 4 is 10.8 Å². The summed E-state index contributed by atoms with van der Waals surface area (Å²) in [6.07, 6.45) is 5.48. The molecule has 2 aromatic heterocycles. The van der Waals surface area contributed by atoms with E-state index >= 15 is 0 Å². The third-order valence-electron chi connectivity index (χ3n) is 6.78. The first kappa shape index (κ1) is 23.2. The number of benzene rings is 1. The average molecular weight is 483 g/mol. The number of fused-ring (bicyclic) bond motifs is 3. The molecule has 8 nitrogen and oxygen atoms in total. The lowest BCUT2D eigenvalue weighted by Crippen LogP contribution is -2.47. The fraction of sp³-hybridized carbons (Fsp3) is 0.560. The van der Waals surface area contributed by atoms with E-state index in [-0.39, 0.29) is 16.8 Å². The van der Waals surface area contributed by atoms with Crippen molar-refractivity contribution in [3.8, 4) is 28.7 Å². The second-order valence-electron chi connectivity index (χ2n) is 10.4. The summed E-state index contributed by atoms with van der Waals surface area (Å²) >= 11 is 0. The van der Waals surface area contributed by atoms with Gasteiger partial charge in [0, 0.05) is 27.9 Å². The van der Waals surface area contributed by atoms with Gasteiger partial charge in [-0.3, -0.25) is 9.11 Å². The summed E-state index contributed by atoms with van der Waals surface area (Å²) < 4.78 is 23.6. The molecule has 0 aliphatic carbocycles. The van der Waals surface area contributed by atoms with Crippen LogP contribution in [-0.4, -0.2) is 63.9 Å². The molecule has 0 N–H and O–H groups in total. The summed E-state index contributed by atoms with van der Waals surface area (Å²) in [6.45, 7) is 14.1. The second kappa shape index (κ2) is 8.92. The van der Waals surface area contributed by atoms with E-state index < -0.39 is 10.8 Å². The zero-order chi connectivity index (χ0) is 24.0. The van der Waals surface area contributed by atoms with Crippen LogP contribution in [0, 0.1) is 0 Å². The van der Waals surface area contributed by atoms with Crippen molar-refractivity contribution in [1.29, 1.82) is 0 Å². The van der Waals surface area contributed by atoms with Crippen LogP contribution in [-0.2, 0) is 17.3 Å². The molecule has 5 rings (SSSR count). The Morgan fingerprint density at radius 1 is 1.12 bits per heavy atom. The van der Waals surface area contributed by atoms with Gasteiger partial charge < -0.3 is 9.30 Å². The molecular formula is C25H34N6O2S. The molecule has 0 bridgehead atoms. The standard InChI is InChI=1S/C25H34N6O2S/c1-17(2)31-24(26-16-27-31)21-15-29-12-13-33-22-7-6-19(14-20(22)23(29)28-21)34(32)18-8-10-30(11-9-18)25(3,4)5/h6-7,14-18H,8-13H2,1-5H3/t34-/m0/s1. The molecular weight excluding hydrogens is 448 g/mol. The number of rotatable bonds is 4. The van der Waals surface area contributed by atoms with Gasteiger partial charge in [-0.1, -0.05) is 0 Å². The van der Waals surface area contributed by atoms with Gasteiger partial charge in [0.2, 0.25) is 0 Å². The molecule has 0 unspecified atom stereocenters. The van der Waals surface area contributed by atoms with Gasteiger partial charge in [0.25, 0.3) is 0 Å². The van der Waals surface area contributed by atoms with Crippen molar-refractivity contribution in [1.82, 2.24) is 29.2 Å². The molecule has 2 aliphatic heterocycles. The lowest BCUT2D eigenvalue weighted by molar-refractivity contribution is 0.112. The Balaban J connectivity index is 1.45. The molecule has 1 saturated heterocycles. The minimum Gasteiger partial charge on any atom is -0.491 e. The molecule has 182 valence electrons. The number of nitrogens with zero attached hydrogens (tertiary/aromatic N) is 6. The largest absolute Gasteiger partial charge is 0.491 e. The highest BCUT2D eigenvalue weighted by atomic mass is 32.2. The molecule has 9 heteroatoms. The van der Waals surface area contributed by atoms with Crippen molar-refractivity contribution in [2.24, 2.45) is 0 Å². The SMILES string of the molecule is CC(C)n1ncnc1-c1cn2c(n1)-c1cc([S@@](=O)C3CCN(C(C)(C)C)CC3)ccc1OCC2. The first-order valence-electron chi connectivity index (χ1n) is 12.1. The first-order chi connectivity index (χ1) is 16.2. The van der Waals surface area contributed by atoms with Crippen molar-refractivity contribution in [3.63, 3.8) is 0 Å². The number of piperidine rings is 1. The van der Waals surface area contributed by atoms with E-state index in [1.807, 2.05) is 29.1 Å². The van der Waals surface area contributed by atoms with Gasteiger partial charge in [-0.25, -0.2) is 14.6 Å². The predicted molar refractivity (Wildman–Crippen MR) is 133 cm³/mol. The van der Waals surface area contributed by atoms with Gasteiger partial charge in [-0.2, -0.15) is 5.10 Å². The molecule has 2 aliphatic rings. The number of hydrogen-bond acceptors (Lipinski definition) is 6. The summed E-state index contributed by atoms with van der Waals surface area (Å²) in [7, 11) is -1.07. The lowest BCUT2D eigenvalue weighted by Gasteiger charge is -2.40. The number of likely N-dealkylation sites (tertiary alicyclic amines) is 1. The van der Waals surface area contributed by atoms with E-state index in [4.69, 9.17) is 9.72 Å². The second-order valence-corrected chi connectivity index (χ2v) is 12.2. The van der Waals surface area contributed by atoms with Gasteiger partial charge in [0.05, 0.1) is 22.9 Å². The Morgan fingerprint density at radius 3 is 2.59 bits per heavy atom. The van der Waals surface area contributed by atoms with Crippen LogP contribution in [0.5, 0.6) is 5.75 Å². The first-order valence-corrected chi connectivity index (χ1v) is 13.3. The minimum absolute atomic E-state index is 0.155. The van der Waals surface area contributed by atoms with E-state index in [9.17, 15) is 4.21 Å². The highest BCUT2D eigenvalue weighted by molar-refractivity contribution is 7.85. The molecule has 1 aromatic carbocycles. The van der Waals surface area contributed by atoms with Crippen LogP contribution in [0.15, 0.2) is 35.6 Å². The summed E-state index contributed by atoms with van der Waals surface area (Å²) in [4.78, 5) is 12.7. The van der Waals surface area contributed by atoms with Crippen molar-refractivity contribution in [3.05, 3.63) is 30.7 Å². The summed E-state index contributed by atoms with van der Waals surface area (Å²) in [5.41, 5.74) is 1.83. The minimum atomic E-state index is -1.07. The third kappa shape index (κ3) is 4.31. The quantitative estimate of drug-likeness (QED) is 0.556. The summed E-state index contributed by atoms with van der Waals surface area (Å²) in [5, 5.41) is 4.53. The highest BCUT2D eigenvalue weighted by Crippen LogP contribution is 2.36. The van der Waals surface area contributed by atoms with Crippen LogP contribution < -0.4 is 4.74 Å². The van der Waals surface area contributed by atoms with Gasteiger partial charge in [-0.05, 0) is 78.7 Å². The fourth-order valence-corrected chi connectivity index (χ4v) is 6.30. The summed E-state index contributed by atoms with van der Waals surface area (Å²) in [5.74, 6) is 2.36. The van der Waals surface area contributed by atoms with Gasteiger partial charge >= 0.3 is 0 Å². The Morgan fingerprint density at radius 2 is 1.88 bits per heavy atom. The smallest absolute Gasteiger partial charge is 0.178 e. The fourth-order valence-electron chi connectivity index (χ4n) is 4.84. The molecule has 1 fully saturated rings. The van der Waals surface area contributed by atoms with Crippen LogP contribution in [0.4, 0.5) is 0 Å². The Hall–Kier alpha value is -2.52. The predicted octanol–water partition coefficient (Wildman–Crippen LogP) is 4.15. The zero-order valence-electron chi connectivity index (χ0n) is 20.7. The van der Waals surface area contributed by atoms with E-state index in [0.29, 0.717) is 13.2 Å². The molecule has 0 saturated carbocycles. The maximum Gasteiger partial charge on any atom is 0.178 e. The molecule has 0 radical (unpaired) electrons. The lowest BCUT2D eigenvalue weighted by atomic mass is 10.0. The van der Waals surface area contributed by atoms with Crippen molar-refractivity contribution < 1.29 is 8.95 Å². The monoisotopic (exact) mass is 482 g/mol. The Bertz CT molecular complexity index is 1200. The molecule has 1 atom stereocenters. The van der Waals surface area contributed by atoms with Crippen LogP contribution in [0.2, 0.25) is 0 Å².